The molecule has 1 aliphatic rings. The van der Waals surface area contributed by atoms with Crippen molar-refractivity contribution in [2.45, 2.75) is 32.7 Å². The summed E-state index contributed by atoms with van der Waals surface area (Å²) in [5, 5.41) is 11.8. The number of nitrogens with one attached hydrogen (secondary N) is 1. The molecule has 0 unspecified atom stereocenters. The summed E-state index contributed by atoms with van der Waals surface area (Å²) in [6.45, 7) is 2.02. The SMILES string of the molecule is Cc1cc(CNC(=O)C2(C#N)CCC2)ccc1F. The Kier molecular flexibility index (Phi) is 3.33. The number of aryl methyl sites for hydroxylation is 1. The second kappa shape index (κ2) is 4.77. The molecule has 0 atom stereocenters. The molecule has 1 amide bonds. The molecule has 1 saturated carbocycles. The van der Waals surface area contributed by atoms with E-state index >= 15 is 0 Å². The Morgan fingerprint density at radius 2 is 2.28 bits per heavy atom. The molecule has 1 aromatic carbocycles. The summed E-state index contributed by atoms with van der Waals surface area (Å²) in [5.74, 6) is -0.462. The third-order valence-corrected chi connectivity index (χ3v) is 3.53. The normalized spacial score (nSPS) is 16.5. The van der Waals surface area contributed by atoms with Crippen LogP contribution in [0.5, 0.6) is 0 Å². The molecule has 1 N–H and O–H groups in total. The van der Waals surface area contributed by atoms with Crippen LogP contribution in [0.2, 0.25) is 0 Å². The lowest BCUT2D eigenvalue weighted by molar-refractivity contribution is -0.131. The van der Waals surface area contributed by atoms with Gasteiger partial charge in [0.15, 0.2) is 0 Å². The van der Waals surface area contributed by atoms with Crippen molar-refractivity contribution in [1.29, 1.82) is 5.26 Å². The standard InChI is InChI=1S/C14H15FN2O/c1-10-7-11(3-4-12(10)15)8-17-13(18)14(9-16)5-2-6-14/h3-4,7H,2,5-6,8H2,1H3,(H,17,18). The molecule has 0 heterocycles. The summed E-state index contributed by atoms with van der Waals surface area (Å²) in [5.41, 5.74) is 0.574. The fourth-order valence-corrected chi connectivity index (χ4v) is 2.09. The molecule has 3 nitrogen and oxygen atoms in total. The van der Waals surface area contributed by atoms with Crippen molar-refractivity contribution in [2.75, 3.05) is 0 Å². The van der Waals surface area contributed by atoms with E-state index in [9.17, 15) is 9.18 Å². The van der Waals surface area contributed by atoms with Gasteiger partial charge in [-0.1, -0.05) is 12.1 Å². The van der Waals surface area contributed by atoms with Crippen LogP contribution in [0.25, 0.3) is 0 Å². The summed E-state index contributed by atoms with van der Waals surface area (Å²) in [6, 6.07) is 6.83. The summed E-state index contributed by atoms with van der Waals surface area (Å²) in [6.07, 6.45) is 2.20. The average Bonchev–Trinajstić information content (AvgIpc) is 2.30. The minimum Gasteiger partial charge on any atom is -0.351 e. The lowest BCUT2D eigenvalue weighted by Crippen LogP contribution is -2.44. The van der Waals surface area contributed by atoms with Crippen LogP contribution in [-0.4, -0.2) is 5.91 Å². The maximum absolute atomic E-state index is 13.1. The van der Waals surface area contributed by atoms with Crippen molar-refractivity contribution in [3.63, 3.8) is 0 Å². The second-order valence-corrected chi connectivity index (χ2v) is 4.81. The second-order valence-electron chi connectivity index (χ2n) is 4.81. The van der Waals surface area contributed by atoms with Gasteiger partial charge in [-0.15, -0.1) is 0 Å². The number of hydrogen-bond donors (Lipinski definition) is 1. The predicted octanol–water partition coefficient (Wildman–Crippen LogP) is 2.44. The van der Waals surface area contributed by atoms with E-state index in [-0.39, 0.29) is 11.7 Å². The van der Waals surface area contributed by atoms with E-state index in [1.807, 2.05) is 0 Å². The molecular formula is C14H15FN2O. The first-order chi connectivity index (χ1) is 8.57. The zero-order valence-corrected chi connectivity index (χ0v) is 10.3. The molecule has 0 bridgehead atoms. The fraction of sp³-hybridized carbons (Fsp3) is 0.429. The number of nitriles is 1. The van der Waals surface area contributed by atoms with Gasteiger partial charge in [-0.2, -0.15) is 5.26 Å². The Labute approximate surface area is 106 Å². The number of benzene rings is 1. The smallest absolute Gasteiger partial charge is 0.240 e. The Morgan fingerprint density at radius 1 is 1.56 bits per heavy atom. The molecular weight excluding hydrogens is 231 g/mol. The molecule has 0 spiro atoms. The highest BCUT2D eigenvalue weighted by molar-refractivity contribution is 5.86. The highest BCUT2D eigenvalue weighted by Crippen LogP contribution is 2.40. The summed E-state index contributed by atoms with van der Waals surface area (Å²) < 4.78 is 13.1. The van der Waals surface area contributed by atoms with Crippen LogP contribution in [0.3, 0.4) is 0 Å². The number of carbonyl (C=O) groups excluding carboxylic acids is 1. The largest absolute Gasteiger partial charge is 0.351 e. The van der Waals surface area contributed by atoms with Gasteiger partial charge in [0.05, 0.1) is 6.07 Å². The lowest BCUT2D eigenvalue weighted by atomic mass is 9.69. The quantitative estimate of drug-likeness (QED) is 0.890. The minimum atomic E-state index is -0.824. The number of halogens is 1. The van der Waals surface area contributed by atoms with Crippen molar-refractivity contribution in [2.24, 2.45) is 5.41 Å². The van der Waals surface area contributed by atoms with Gasteiger partial charge in [0, 0.05) is 6.54 Å². The number of hydrogen-bond acceptors (Lipinski definition) is 2. The number of rotatable bonds is 3. The van der Waals surface area contributed by atoms with Gasteiger partial charge in [0.25, 0.3) is 0 Å². The summed E-state index contributed by atoms with van der Waals surface area (Å²) in [7, 11) is 0. The molecule has 2 rings (SSSR count). The van der Waals surface area contributed by atoms with E-state index < -0.39 is 5.41 Å². The first kappa shape index (κ1) is 12.6. The molecule has 94 valence electrons. The Morgan fingerprint density at radius 3 is 2.78 bits per heavy atom. The van der Waals surface area contributed by atoms with E-state index in [1.54, 1.807) is 19.1 Å². The van der Waals surface area contributed by atoms with E-state index in [0.29, 0.717) is 24.9 Å². The zero-order chi connectivity index (χ0) is 13.2. The van der Waals surface area contributed by atoms with E-state index in [4.69, 9.17) is 5.26 Å². The third kappa shape index (κ3) is 2.21. The van der Waals surface area contributed by atoms with Crippen LogP contribution in [0.4, 0.5) is 4.39 Å². The van der Waals surface area contributed by atoms with Gasteiger partial charge in [0.2, 0.25) is 5.91 Å². The molecule has 1 fully saturated rings. The van der Waals surface area contributed by atoms with Crippen LogP contribution < -0.4 is 5.32 Å². The highest BCUT2D eigenvalue weighted by atomic mass is 19.1. The highest BCUT2D eigenvalue weighted by Gasteiger charge is 2.44. The van der Waals surface area contributed by atoms with Crippen LogP contribution in [0, 0.1) is 29.5 Å². The van der Waals surface area contributed by atoms with Gasteiger partial charge in [-0.05, 0) is 43.4 Å². The third-order valence-electron chi connectivity index (χ3n) is 3.53. The van der Waals surface area contributed by atoms with Gasteiger partial charge in [-0.25, -0.2) is 4.39 Å². The van der Waals surface area contributed by atoms with Crippen LogP contribution in [0.1, 0.15) is 30.4 Å². The van der Waals surface area contributed by atoms with Crippen molar-refractivity contribution in [3.05, 3.63) is 35.1 Å². The molecule has 0 aromatic heterocycles. The van der Waals surface area contributed by atoms with Gasteiger partial charge in [-0.3, -0.25) is 4.79 Å². The van der Waals surface area contributed by atoms with Gasteiger partial charge >= 0.3 is 0 Å². The maximum atomic E-state index is 13.1. The molecule has 0 aliphatic heterocycles. The monoisotopic (exact) mass is 246 g/mol. The van der Waals surface area contributed by atoms with Crippen LogP contribution in [0.15, 0.2) is 18.2 Å². The van der Waals surface area contributed by atoms with Crippen LogP contribution >= 0.6 is 0 Å². The zero-order valence-electron chi connectivity index (χ0n) is 10.3. The first-order valence-electron chi connectivity index (χ1n) is 6.02. The Bertz CT molecular complexity index is 515. The van der Waals surface area contributed by atoms with Gasteiger partial charge < -0.3 is 5.32 Å². The first-order valence-corrected chi connectivity index (χ1v) is 6.02. The molecule has 1 aromatic rings. The number of amides is 1. The van der Waals surface area contributed by atoms with Crippen molar-refractivity contribution in [1.82, 2.24) is 5.32 Å². The van der Waals surface area contributed by atoms with Crippen molar-refractivity contribution >= 4 is 5.91 Å². The number of nitrogens with zero attached hydrogens (tertiary/aromatic N) is 1. The average molecular weight is 246 g/mol. The molecule has 0 saturated heterocycles. The van der Waals surface area contributed by atoms with Crippen molar-refractivity contribution < 1.29 is 9.18 Å². The van der Waals surface area contributed by atoms with Crippen LogP contribution in [-0.2, 0) is 11.3 Å². The predicted molar refractivity (Wildman–Crippen MR) is 64.9 cm³/mol. The molecule has 1 aliphatic carbocycles. The minimum absolute atomic E-state index is 0.210. The van der Waals surface area contributed by atoms with E-state index in [2.05, 4.69) is 11.4 Å². The van der Waals surface area contributed by atoms with E-state index in [1.165, 1.54) is 6.07 Å². The van der Waals surface area contributed by atoms with Gasteiger partial charge in [0.1, 0.15) is 11.2 Å². The number of carbonyl (C=O) groups is 1. The summed E-state index contributed by atoms with van der Waals surface area (Å²) >= 11 is 0. The Balaban J connectivity index is 1.97. The molecule has 18 heavy (non-hydrogen) atoms. The topological polar surface area (TPSA) is 52.9 Å². The maximum Gasteiger partial charge on any atom is 0.240 e. The fourth-order valence-electron chi connectivity index (χ4n) is 2.09. The molecule has 0 radical (unpaired) electrons. The summed E-state index contributed by atoms with van der Waals surface area (Å²) in [4.78, 5) is 11.9. The van der Waals surface area contributed by atoms with Crippen molar-refractivity contribution in [3.8, 4) is 6.07 Å². The Hall–Kier alpha value is -1.89. The van der Waals surface area contributed by atoms with E-state index in [0.717, 1.165) is 12.0 Å². The molecule has 4 heteroatoms. The lowest BCUT2D eigenvalue weighted by Gasteiger charge is -2.33.